The molecule has 1 unspecified atom stereocenters. The maximum atomic E-state index is 13.2. The molecule has 11 heteroatoms. The van der Waals surface area contributed by atoms with Gasteiger partial charge in [-0.25, -0.2) is 13.4 Å². The summed E-state index contributed by atoms with van der Waals surface area (Å²) in [7, 11) is -2.93. The average molecular weight is 595 g/mol. The zero-order valence-electron chi connectivity index (χ0n) is 24.6. The van der Waals surface area contributed by atoms with Crippen molar-refractivity contribution in [3.63, 3.8) is 0 Å². The molecule has 1 amide bonds. The molecule has 2 atom stereocenters. The number of rotatable bonds is 8. The van der Waals surface area contributed by atoms with E-state index in [1.165, 1.54) is 0 Å². The smallest absolute Gasteiger partial charge is 0.225 e. The van der Waals surface area contributed by atoms with Crippen molar-refractivity contribution in [3.8, 4) is 11.6 Å². The fraction of sp³-hybridized carbons (Fsp3) is 0.581. The largest absolute Gasteiger partial charge is 0.493 e. The number of ether oxygens (including phenoxy) is 1. The molecule has 1 aliphatic carbocycles. The van der Waals surface area contributed by atoms with Crippen LogP contribution in [0.15, 0.2) is 42.7 Å². The maximum absolute atomic E-state index is 13.2. The van der Waals surface area contributed by atoms with Gasteiger partial charge in [-0.15, -0.1) is 0 Å². The van der Waals surface area contributed by atoms with E-state index in [4.69, 9.17) is 9.72 Å². The van der Waals surface area contributed by atoms with Crippen LogP contribution in [0.3, 0.4) is 0 Å². The summed E-state index contributed by atoms with van der Waals surface area (Å²) in [5, 5.41) is 4.48. The number of fused-ring (bicyclic) bond motifs is 1. The first kappa shape index (κ1) is 28.9. The molecule has 3 aliphatic rings. The Morgan fingerprint density at radius 1 is 1.10 bits per heavy atom. The highest BCUT2D eigenvalue weighted by Gasteiger charge is 2.33. The molecule has 6 rings (SSSR count). The van der Waals surface area contributed by atoms with Crippen LogP contribution in [-0.4, -0.2) is 95.0 Å². The molecule has 2 saturated heterocycles. The van der Waals surface area contributed by atoms with Gasteiger partial charge in [-0.2, -0.15) is 4.98 Å². The third kappa shape index (κ3) is 6.27. The number of nitrogens with one attached hydrogen (secondary N) is 1. The highest BCUT2D eigenvalue weighted by Crippen LogP contribution is 2.31. The standard InChI is InChI=1S/C31H42N6O4S/c1-3-35-16-17-36(19-22(35)2)30(38)24-7-9-25(10-8-24)33-31-32-14-11-29(34-31)37-15-12-26-27(37)5-4-6-28(26)41-20-23-13-18-42(39,40)21-23/h4-6,11-12,14-15,22-25H,3,7-10,13,16-21H2,1-2H3,(H,32,33,34)/t22-,23?,24-,25-/m1/s1. The molecule has 3 aromatic rings. The fourth-order valence-corrected chi connectivity index (χ4v) is 8.66. The lowest BCUT2D eigenvalue weighted by molar-refractivity contribution is -0.139. The van der Waals surface area contributed by atoms with Crippen molar-refractivity contribution in [1.82, 2.24) is 24.3 Å². The van der Waals surface area contributed by atoms with E-state index in [0.717, 1.165) is 74.3 Å². The normalized spacial score (nSPS) is 26.4. The van der Waals surface area contributed by atoms with E-state index >= 15 is 0 Å². The molecule has 0 radical (unpaired) electrons. The number of sulfone groups is 1. The Kier molecular flexibility index (Phi) is 8.40. The predicted octanol–water partition coefficient (Wildman–Crippen LogP) is 3.76. The van der Waals surface area contributed by atoms with Gasteiger partial charge in [0.15, 0.2) is 9.84 Å². The van der Waals surface area contributed by atoms with E-state index < -0.39 is 9.84 Å². The van der Waals surface area contributed by atoms with Crippen LogP contribution < -0.4 is 10.1 Å². The molecule has 0 bridgehead atoms. The molecular formula is C31H42N6O4S. The summed E-state index contributed by atoms with van der Waals surface area (Å²) < 4.78 is 31.7. The van der Waals surface area contributed by atoms with Crippen molar-refractivity contribution in [2.45, 2.75) is 58.0 Å². The Morgan fingerprint density at radius 2 is 1.93 bits per heavy atom. The lowest BCUT2D eigenvalue weighted by Gasteiger charge is -2.41. The van der Waals surface area contributed by atoms with Crippen LogP contribution in [0.2, 0.25) is 0 Å². The van der Waals surface area contributed by atoms with E-state index in [1.54, 1.807) is 6.20 Å². The minimum atomic E-state index is -2.93. The number of hydrogen-bond acceptors (Lipinski definition) is 8. The Morgan fingerprint density at radius 3 is 2.67 bits per heavy atom. The minimum absolute atomic E-state index is 0.0382. The van der Waals surface area contributed by atoms with E-state index in [2.05, 4.69) is 33.9 Å². The third-order valence-electron chi connectivity index (χ3n) is 9.27. The van der Waals surface area contributed by atoms with Gasteiger partial charge in [-0.3, -0.25) is 9.69 Å². The SMILES string of the molecule is CCN1CCN(C(=O)[C@H]2CC[C@H](Nc3nccc(-n4ccc5c(OCC6CCS(=O)(=O)C6)cccc54)n3)CC2)C[C@H]1C. The Hall–Kier alpha value is -3.18. The van der Waals surface area contributed by atoms with Gasteiger partial charge >= 0.3 is 0 Å². The van der Waals surface area contributed by atoms with E-state index in [9.17, 15) is 13.2 Å². The van der Waals surface area contributed by atoms with E-state index in [-0.39, 0.29) is 29.4 Å². The van der Waals surface area contributed by atoms with Crippen molar-refractivity contribution in [2.24, 2.45) is 11.8 Å². The van der Waals surface area contributed by atoms with Crippen molar-refractivity contribution >= 4 is 32.6 Å². The van der Waals surface area contributed by atoms with Crippen LogP contribution in [0, 0.1) is 11.8 Å². The summed E-state index contributed by atoms with van der Waals surface area (Å²) in [4.78, 5) is 27.1. The quantitative estimate of drug-likeness (QED) is 0.420. The number of benzene rings is 1. The lowest BCUT2D eigenvalue weighted by Crippen LogP contribution is -2.54. The van der Waals surface area contributed by atoms with Crippen LogP contribution in [-0.2, 0) is 14.6 Å². The zero-order chi connectivity index (χ0) is 29.3. The molecule has 10 nitrogen and oxygen atoms in total. The van der Waals surface area contributed by atoms with Crippen LogP contribution in [0.25, 0.3) is 16.7 Å². The van der Waals surface area contributed by atoms with E-state index in [0.29, 0.717) is 30.9 Å². The van der Waals surface area contributed by atoms with Gasteiger partial charge in [0.25, 0.3) is 0 Å². The first-order chi connectivity index (χ1) is 20.3. The summed E-state index contributed by atoms with van der Waals surface area (Å²) in [6, 6.07) is 10.5. The molecule has 2 aromatic heterocycles. The summed E-state index contributed by atoms with van der Waals surface area (Å²) in [6.45, 7) is 8.47. The molecule has 3 fully saturated rings. The number of likely N-dealkylation sites (N-methyl/N-ethyl adjacent to an activating group) is 1. The van der Waals surface area contributed by atoms with Gasteiger partial charge in [0.1, 0.15) is 11.6 Å². The van der Waals surface area contributed by atoms with Gasteiger partial charge < -0.3 is 19.5 Å². The average Bonchev–Trinajstić information content (AvgIpc) is 3.59. The van der Waals surface area contributed by atoms with Crippen LogP contribution in [0.1, 0.15) is 46.0 Å². The highest BCUT2D eigenvalue weighted by molar-refractivity contribution is 7.91. The summed E-state index contributed by atoms with van der Waals surface area (Å²) in [5.41, 5.74) is 0.962. The number of amides is 1. The third-order valence-corrected chi connectivity index (χ3v) is 11.1. The lowest BCUT2D eigenvalue weighted by atomic mass is 9.85. The van der Waals surface area contributed by atoms with Crippen molar-refractivity contribution < 1.29 is 17.9 Å². The molecule has 4 heterocycles. The van der Waals surface area contributed by atoms with Crippen LogP contribution in [0.5, 0.6) is 5.75 Å². The molecule has 2 aliphatic heterocycles. The van der Waals surface area contributed by atoms with Gasteiger partial charge in [0.05, 0.1) is 23.6 Å². The van der Waals surface area contributed by atoms with Crippen molar-refractivity contribution in [3.05, 3.63) is 42.7 Å². The van der Waals surface area contributed by atoms with Gasteiger partial charge in [-0.05, 0) is 69.8 Å². The number of hydrogen-bond donors (Lipinski definition) is 1. The molecule has 1 aromatic carbocycles. The summed E-state index contributed by atoms with van der Waals surface area (Å²) in [6.07, 6.45) is 8.01. The van der Waals surface area contributed by atoms with E-state index in [1.807, 2.05) is 41.1 Å². The monoisotopic (exact) mass is 594 g/mol. The first-order valence-corrected chi connectivity index (χ1v) is 17.2. The Balaban J connectivity index is 1.06. The molecule has 42 heavy (non-hydrogen) atoms. The summed E-state index contributed by atoms with van der Waals surface area (Å²) in [5.74, 6) is 3.01. The van der Waals surface area contributed by atoms with Gasteiger partial charge in [0.2, 0.25) is 11.9 Å². The van der Waals surface area contributed by atoms with Crippen molar-refractivity contribution in [1.29, 1.82) is 0 Å². The fourth-order valence-electron chi connectivity index (χ4n) is 6.82. The second kappa shape index (κ2) is 12.2. The second-order valence-electron chi connectivity index (χ2n) is 12.1. The number of anilines is 1. The number of aromatic nitrogens is 3. The maximum Gasteiger partial charge on any atom is 0.225 e. The van der Waals surface area contributed by atoms with Gasteiger partial charge in [0, 0.05) is 61.3 Å². The number of carbonyl (C=O) groups is 1. The molecular weight excluding hydrogens is 552 g/mol. The summed E-state index contributed by atoms with van der Waals surface area (Å²) >= 11 is 0. The Labute approximate surface area is 248 Å². The molecule has 1 N–H and O–H groups in total. The number of carbonyl (C=O) groups excluding carboxylic acids is 1. The molecule has 0 spiro atoms. The topological polar surface area (TPSA) is 110 Å². The number of nitrogens with zero attached hydrogens (tertiary/aromatic N) is 5. The van der Waals surface area contributed by atoms with Crippen LogP contribution >= 0.6 is 0 Å². The van der Waals surface area contributed by atoms with Crippen LogP contribution in [0.4, 0.5) is 5.95 Å². The van der Waals surface area contributed by atoms with Gasteiger partial charge in [-0.1, -0.05) is 13.0 Å². The number of piperazine rings is 1. The second-order valence-corrected chi connectivity index (χ2v) is 14.4. The first-order valence-electron chi connectivity index (χ1n) is 15.4. The van der Waals surface area contributed by atoms with Crippen molar-refractivity contribution in [2.75, 3.05) is 49.6 Å². The minimum Gasteiger partial charge on any atom is -0.493 e. The molecule has 1 saturated carbocycles. The Bertz CT molecular complexity index is 1520. The predicted molar refractivity (Wildman–Crippen MR) is 164 cm³/mol. The highest BCUT2D eigenvalue weighted by atomic mass is 32.2. The zero-order valence-corrected chi connectivity index (χ0v) is 25.4. The molecule has 226 valence electrons.